The molecule has 0 aliphatic heterocycles. The molecule has 5 N–H and O–H groups in total. The highest BCUT2D eigenvalue weighted by atomic mass is 16.5. The van der Waals surface area contributed by atoms with Crippen molar-refractivity contribution in [1.82, 2.24) is 4.98 Å². The zero-order chi connectivity index (χ0) is 14.4. The molecule has 0 aromatic carbocycles. The van der Waals surface area contributed by atoms with Crippen molar-refractivity contribution in [2.45, 2.75) is 38.2 Å². The van der Waals surface area contributed by atoms with Crippen molar-refractivity contribution in [1.29, 1.82) is 0 Å². The molecule has 0 spiro atoms. The largest absolute Gasteiger partial charge is 0.397 e. The van der Waals surface area contributed by atoms with E-state index >= 15 is 0 Å². The summed E-state index contributed by atoms with van der Waals surface area (Å²) in [6.07, 6.45) is 7.99. The van der Waals surface area contributed by atoms with Gasteiger partial charge in [-0.15, -0.1) is 0 Å². The molecule has 1 aliphatic rings. The van der Waals surface area contributed by atoms with Crippen LogP contribution in [0.25, 0.3) is 0 Å². The van der Waals surface area contributed by atoms with Gasteiger partial charge in [0, 0.05) is 6.54 Å². The molecule has 6 nitrogen and oxygen atoms in total. The van der Waals surface area contributed by atoms with Crippen molar-refractivity contribution >= 4 is 17.4 Å². The second-order valence-corrected chi connectivity index (χ2v) is 5.09. The van der Waals surface area contributed by atoms with E-state index in [9.17, 15) is 4.79 Å². The average molecular weight is 278 g/mol. The number of carbonyl (C=O) groups is 1. The highest BCUT2D eigenvalue weighted by Crippen LogP contribution is 2.20. The number of rotatable bonds is 6. The van der Waals surface area contributed by atoms with Gasteiger partial charge in [-0.05, 0) is 18.9 Å². The van der Waals surface area contributed by atoms with Crippen molar-refractivity contribution in [3.63, 3.8) is 0 Å². The Morgan fingerprint density at radius 2 is 2.15 bits per heavy atom. The third-order valence-corrected chi connectivity index (χ3v) is 3.47. The van der Waals surface area contributed by atoms with Crippen LogP contribution in [-0.4, -0.2) is 30.1 Å². The molecule has 0 unspecified atom stereocenters. The van der Waals surface area contributed by atoms with Crippen molar-refractivity contribution in [2.24, 2.45) is 5.73 Å². The summed E-state index contributed by atoms with van der Waals surface area (Å²) in [6.45, 7) is 1.18. The Morgan fingerprint density at radius 3 is 2.85 bits per heavy atom. The number of anilines is 2. The monoisotopic (exact) mass is 278 g/mol. The van der Waals surface area contributed by atoms with E-state index in [1.165, 1.54) is 31.5 Å². The number of nitrogens with two attached hydrogens (primary N) is 2. The Kier molecular flexibility index (Phi) is 5.17. The van der Waals surface area contributed by atoms with E-state index in [0.29, 0.717) is 36.3 Å². The lowest BCUT2D eigenvalue weighted by Crippen LogP contribution is -2.22. The average Bonchev–Trinajstić information content (AvgIpc) is 2.45. The second kappa shape index (κ2) is 7.09. The number of amides is 1. The highest BCUT2D eigenvalue weighted by molar-refractivity contribution is 5.98. The molecule has 1 fully saturated rings. The molecule has 1 aromatic rings. The van der Waals surface area contributed by atoms with Crippen LogP contribution in [0, 0.1) is 0 Å². The number of hydrogen-bond donors (Lipinski definition) is 3. The molecule has 1 aliphatic carbocycles. The second-order valence-electron chi connectivity index (χ2n) is 5.09. The normalized spacial score (nSPS) is 16.0. The summed E-state index contributed by atoms with van der Waals surface area (Å²) in [5.41, 5.74) is 11.6. The van der Waals surface area contributed by atoms with Crippen molar-refractivity contribution in [3.8, 4) is 0 Å². The Labute approximate surface area is 118 Å². The topological polar surface area (TPSA) is 103 Å². The van der Waals surface area contributed by atoms with E-state index in [1.54, 1.807) is 0 Å². The van der Waals surface area contributed by atoms with Gasteiger partial charge in [-0.25, -0.2) is 4.98 Å². The predicted molar refractivity (Wildman–Crippen MR) is 78.5 cm³/mol. The molecule has 0 radical (unpaired) electrons. The summed E-state index contributed by atoms with van der Waals surface area (Å²) in [6, 6.07) is 1.53. The lowest BCUT2D eigenvalue weighted by Gasteiger charge is -2.22. The number of aromatic nitrogens is 1. The summed E-state index contributed by atoms with van der Waals surface area (Å²) in [5.74, 6) is -0.0838. The Hall–Kier alpha value is -1.82. The molecule has 1 amide bonds. The van der Waals surface area contributed by atoms with E-state index in [0.717, 1.165) is 12.8 Å². The molecule has 0 saturated heterocycles. The fourth-order valence-electron chi connectivity index (χ4n) is 2.44. The van der Waals surface area contributed by atoms with E-state index in [4.69, 9.17) is 16.2 Å². The van der Waals surface area contributed by atoms with Gasteiger partial charge in [0.2, 0.25) is 0 Å². The first-order valence-electron chi connectivity index (χ1n) is 7.07. The van der Waals surface area contributed by atoms with Gasteiger partial charge in [0.1, 0.15) is 5.82 Å². The quantitative estimate of drug-likeness (QED) is 0.685. The summed E-state index contributed by atoms with van der Waals surface area (Å²) in [5, 5.41) is 3.07. The standard InChI is InChI=1S/C14H22N4O2/c15-10-8-12(13(16)19)14(18-9-10)17-6-7-20-11-4-2-1-3-5-11/h8-9,11H,1-7,15H2,(H2,16,19)(H,17,18). The molecule has 1 aromatic heterocycles. The van der Waals surface area contributed by atoms with Crippen LogP contribution in [0.3, 0.4) is 0 Å². The van der Waals surface area contributed by atoms with Crippen LogP contribution < -0.4 is 16.8 Å². The van der Waals surface area contributed by atoms with Crippen LogP contribution in [0.4, 0.5) is 11.5 Å². The predicted octanol–water partition coefficient (Wildman–Crippen LogP) is 1.52. The maximum Gasteiger partial charge on any atom is 0.252 e. The number of ether oxygens (including phenoxy) is 1. The molecule has 1 saturated carbocycles. The Bertz CT molecular complexity index is 458. The third kappa shape index (κ3) is 4.09. The summed E-state index contributed by atoms with van der Waals surface area (Å²) >= 11 is 0. The highest BCUT2D eigenvalue weighted by Gasteiger charge is 2.14. The van der Waals surface area contributed by atoms with Gasteiger partial charge >= 0.3 is 0 Å². The number of primary amides is 1. The number of nitrogens with one attached hydrogen (secondary N) is 1. The number of carbonyl (C=O) groups excluding carboxylic acids is 1. The van der Waals surface area contributed by atoms with Crippen molar-refractivity contribution in [2.75, 3.05) is 24.2 Å². The minimum atomic E-state index is -0.541. The van der Waals surface area contributed by atoms with E-state index < -0.39 is 5.91 Å². The number of nitrogens with zero attached hydrogens (tertiary/aromatic N) is 1. The summed E-state index contributed by atoms with van der Waals surface area (Å²) in [7, 11) is 0. The van der Waals surface area contributed by atoms with Crippen molar-refractivity contribution in [3.05, 3.63) is 17.8 Å². The smallest absolute Gasteiger partial charge is 0.252 e. The molecular formula is C14H22N4O2. The van der Waals surface area contributed by atoms with Crippen LogP contribution in [0.1, 0.15) is 42.5 Å². The third-order valence-electron chi connectivity index (χ3n) is 3.47. The van der Waals surface area contributed by atoms with Gasteiger partial charge in [-0.1, -0.05) is 19.3 Å². The molecule has 6 heteroatoms. The zero-order valence-electron chi connectivity index (χ0n) is 11.6. The Balaban J connectivity index is 1.80. The number of pyridine rings is 1. The van der Waals surface area contributed by atoms with Gasteiger partial charge in [-0.3, -0.25) is 4.79 Å². The maximum absolute atomic E-state index is 11.3. The fourth-order valence-corrected chi connectivity index (χ4v) is 2.44. The zero-order valence-corrected chi connectivity index (χ0v) is 11.6. The molecular weight excluding hydrogens is 256 g/mol. The van der Waals surface area contributed by atoms with Crippen LogP contribution in [0.5, 0.6) is 0 Å². The minimum absolute atomic E-state index is 0.308. The van der Waals surface area contributed by atoms with Crippen LogP contribution >= 0.6 is 0 Å². The molecule has 2 rings (SSSR count). The number of nitrogen functional groups attached to an aromatic ring is 1. The Morgan fingerprint density at radius 1 is 1.40 bits per heavy atom. The van der Waals surface area contributed by atoms with Crippen molar-refractivity contribution < 1.29 is 9.53 Å². The molecule has 110 valence electrons. The lowest BCUT2D eigenvalue weighted by molar-refractivity contribution is 0.0347. The fraction of sp³-hybridized carbons (Fsp3) is 0.571. The molecule has 0 bridgehead atoms. The van der Waals surface area contributed by atoms with Crippen LogP contribution in [0.15, 0.2) is 12.3 Å². The first kappa shape index (κ1) is 14.6. The van der Waals surface area contributed by atoms with Gasteiger partial charge < -0.3 is 21.5 Å². The van der Waals surface area contributed by atoms with Gasteiger partial charge in [0.15, 0.2) is 0 Å². The maximum atomic E-state index is 11.3. The lowest BCUT2D eigenvalue weighted by atomic mass is 9.98. The first-order valence-corrected chi connectivity index (χ1v) is 7.07. The van der Waals surface area contributed by atoms with E-state index in [1.807, 2.05) is 0 Å². The SMILES string of the molecule is NC(=O)c1cc(N)cnc1NCCOC1CCCCC1. The van der Waals surface area contributed by atoms with E-state index in [-0.39, 0.29) is 0 Å². The van der Waals surface area contributed by atoms with Crippen LogP contribution in [-0.2, 0) is 4.74 Å². The minimum Gasteiger partial charge on any atom is -0.397 e. The first-order chi connectivity index (χ1) is 9.66. The van der Waals surface area contributed by atoms with Gasteiger partial charge in [0.25, 0.3) is 5.91 Å². The van der Waals surface area contributed by atoms with Gasteiger partial charge in [-0.2, -0.15) is 0 Å². The molecule has 1 heterocycles. The summed E-state index contributed by atoms with van der Waals surface area (Å²) in [4.78, 5) is 15.4. The molecule has 20 heavy (non-hydrogen) atoms. The van der Waals surface area contributed by atoms with Crippen LogP contribution in [0.2, 0.25) is 0 Å². The number of hydrogen-bond acceptors (Lipinski definition) is 5. The van der Waals surface area contributed by atoms with Gasteiger partial charge in [0.05, 0.1) is 30.2 Å². The van der Waals surface area contributed by atoms with E-state index in [2.05, 4.69) is 10.3 Å². The molecule has 0 atom stereocenters. The summed E-state index contributed by atoms with van der Waals surface area (Å²) < 4.78 is 5.80.